The molecule has 1 fully saturated rings. The number of esters is 1. The summed E-state index contributed by atoms with van der Waals surface area (Å²) >= 11 is 0. The normalized spacial score (nSPS) is 26.0. The molecule has 1 rings (SSSR count). The first-order chi connectivity index (χ1) is 15.4. The quantitative estimate of drug-likeness (QED) is 0.184. The lowest BCUT2D eigenvalue weighted by Crippen LogP contribution is -2.25. The summed E-state index contributed by atoms with van der Waals surface area (Å²) in [6, 6.07) is 0. The van der Waals surface area contributed by atoms with E-state index in [1.807, 2.05) is 0 Å². The summed E-state index contributed by atoms with van der Waals surface area (Å²) in [4.78, 5) is 12.1. The second-order valence-electron chi connectivity index (χ2n) is 8.31. The SMILES string of the molecule is [2H]C([2H])(OC(=O)CCCCCCCCCCCCCCCCC)C1([2H])OC(C)(C)OC1([2H])[2H]. The van der Waals surface area contributed by atoms with Crippen molar-refractivity contribution in [1.82, 2.24) is 0 Å². The van der Waals surface area contributed by atoms with Gasteiger partial charge in [-0.25, -0.2) is 0 Å². The van der Waals surface area contributed by atoms with E-state index in [9.17, 15) is 4.79 Å². The molecule has 0 saturated carbocycles. The van der Waals surface area contributed by atoms with Crippen LogP contribution in [0.3, 0.4) is 0 Å². The molecule has 28 heavy (non-hydrogen) atoms. The van der Waals surface area contributed by atoms with Gasteiger partial charge in [0.1, 0.15) is 12.6 Å². The number of carbonyl (C=O) groups is 1. The van der Waals surface area contributed by atoms with Gasteiger partial charge in [-0.15, -0.1) is 0 Å². The van der Waals surface area contributed by atoms with Crippen molar-refractivity contribution in [2.75, 3.05) is 13.1 Å². The molecule has 1 unspecified atom stereocenters. The Morgan fingerprint density at radius 3 is 1.86 bits per heavy atom. The fourth-order valence-corrected chi connectivity index (χ4v) is 3.29. The van der Waals surface area contributed by atoms with Gasteiger partial charge in [-0.3, -0.25) is 4.79 Å². The number of ether oxygens (including phenoxy) is 3. The van der Waals surface area contributed by atoms with Crippen molar-refractivity contribution in [2.45, 2.75) is 135 Å². The number of hydrogen-bond donors (Lipinski definition) is 0. The molecule has 0 aromatic rings. The topological polar surface area (TPSA) is 44.8 Å². The van der Waals surface area contributed by atoms with E-state index in [0.717, 1.165) is 19.3 Å². The largest absolute Gasteiger partial charge is 0.463 e. The average molecular weight is 404 g/mol. The lowest BCUT2D eigenvalue weighted by Gasteiger charge is -2.16. The first kappa shape index (κ1) is 18.2. The third kappa shape index (κ3) is 14.4. The van der Waals surface area contributed by atoms with Crippen LogP contribution in [0.5, 0.6) is 0 Å². The van der Waals surface area contributed by atoms with Crippen LogP contribution in [0.1, 0.15) is 130 Å². The van der Waals surface area contributed by atoms with Crippen molar-refractivity contribution in [1.29, 1.82) is 0 Å². The minimum absolute atomic E-state index is 0.0289. The molecule has 0 aromatic heterocycles. The second-order valence-corrected chi connectivity index (χ2v) is 8.31. The predicted octanol–water partition coefficient (Wildman–Crippen LogP) is 6.94. The van der Waals surface area contributed by atoms with Gasteiger partial charge in [-0.1, -0.05) is 96.8 Å². The number of carbonyl (C=O) groups excluding carboxylic acids is 1. The minimum atomic E-state index is -2.99. The Morgan fingerprint density at radius 2 is 1.43 bits per heavy atom. The highest BCUT2D eigenvalue weighted by atomic mass is 16.7. The monoisotopic (exact) mass is 403 g/mol. The lowest BCUT2D eigenvalue weighted by atomic mass is 10.0. The first-order valence-electron chi connectivity index (χ1n) is 14.0. The van der Waals surface area contributed by atoms with Gasteiger partial charge in [-0.2, -0.15) is 0 Å². The maximum absolute atomic E-state index is 12.1. The molecule has 1 aliphatic rings. The highest BCUT2D eigenvalue weighted by Crippen LogP contribution is 2.22. The van der Waals surface area contributed by atoms with E-state index in [1.165, 1.54) is 84.5 Å². The van der Waals surface area contributed by atoms with Crippen LogP contribution in [-0.4, -0.2) is 31.0 Å². The standard InChI is InChI=1S/C24H46O4/c1-4-5-6-7-8-9-10-11-12-13-14-15-16-17-18-19-23(25)26-20-22-21-27-24(2,3)28-22/h22H,4-21H2,1-3H3/i20D2,21D2,22D. The summed E-state index contributed by atoms with van der Waals surface area (Å²) in [6.45, 7) is -0.745. The summed E-state index contributed by atoms with van der Waals surface area (Å²) in [6.07, 6.45) is 15.4. The van der Waals surface area contributed by atoms with Crippen LogP contribution < -0.4 is 0 Å². The number of hydrogen-bond acceptors (Lipinski definition) is 4. The smallest absolute Gasteiger partial charge is 0.305 e. The van der Waals surface area contributed by atoms with Crippen molar-refractivity contribution in [2.24, 2.45) is 0 Å². The summed E-state index contributed by atoms with van der Waals surface area (Å²) in [5.74, 6) is -2.30. The van der Waals surface area contributed by atoms with E-state index >= 15 is 0 Å². The summed E-state index contributed by atoms with van der Waals surface area (Å²) < 4.78 is 54.7. The maximum atomic E-state index is 12.1. The summed E-state index contributed by atoms with van der Waals surface area (Å²) in [5, 5.41) is 0. The zero-order valence-electron chi connectivity index (χ0n) is 23.4. The van der Waals surface area contributed by atoms with E-state index in [-0.39, 0.29) is 6.42 Å². The molecule has 0 bridgehead atoms. The average Bonchev–Trinajstić information content (AvgIpc) is 2.87. The Bertz CT molecular complexity index is 571. The van der Waals surface area contributed by atoms with Gasteiger partial charge in [0.2, 0.25) is 0 Å². The number of rotatable bonds is 18. The van der Waals surface area contributed by atoms with Crippen molar-refractivity contribution in [3.8, 4) is 0 Å². The molecule has 4 heteroatoms. The fraction of sp³-hybridized carbons (Fsp3) is 0.958. The second kappa shape index (κ2) is 16.2. The van der Waals surface area contributed by atoms with Crippen LogP contribution >= 0.6 is 0 Å². The van der Waals surface area contributed by atoms with Crippen LogP contribution in [-0.2, 0) is 19.0 Å². The van der Waals surface area contributed by atoms with E-state index in [2.05, 4.69) is 6.92 Å². The molecular formula is C24H46O4. The van der Waals surface area contributed by atoms with Gasteiger partial charge in [0, 0.05) is 6.42 Å². The van der Waals surface area contributed by atoms with E-state index < -0.39 is 31.0 Å². The zero-order chi connectivity index (χ0) is 25.0. The molecule has 1 heterocycles. The third-order valence-electron chi connectivity index (χ3n) is 4.98. The molecule has 0 amide bonds. The number of unbranched alkanes of at least 4 members (excludes halogenated alkanes) is 14. The summed E-state index contributed by atoms with van der Waals surface area (Å²) in [7, 11) is 0. The van der Waals surface area contributed by atoms with Crippen molar-refractivity contribution >= 4 is 5.97 Å². The molecule has 0 aromatic carbocycles. The van der Waals surface area contributed by atoms with E-state index in [4.69, 9.17) is 21.1 Å². The van der Waals surface area contributed by atoms with E-state index in [0.29, 0.717) is 6.42 Å². The Morgan fingerprint density at radius 1 is 0.964 bits per heavy atom. The molecule has 166 valence electrons. The Kier molecular flexibility index (Phi) is 10.5. The molecule has 1 aliphatic heterocycles. The molecule has 0 N–H and O–H groups in total. The van der Waals surface area contributed by atoms with Gasteiger partial charge >= 0.3 is 5.97 Å². The first-order valence-corrected chi connectivity index (χ1v) is 11.5. The van der Waals surface area contributed by atoms with Crippen molar-refractivity contribution in [3.63, 3.8) is 0 Å². The maximum Gasteiger partial charge on any atom is 0.305 e. The van der Waals surface area contributed by atoms with Crippen LogP contribution in [0.15, 0.2) is 0 Å². The highest BCUT2D eigenvalue weighted by molar-refractivity contribution is 5.69. The lowest BCUT2D eigenvalue weighted by molar-refractivity contribution is -0.158. The van der Waals surface area contributed by atoms with Gasteiger partial charge in [0.25, 0.3) is 0 Å². The van der Waals surface area contributed by atoms with Gasteiger partial charge in [-0.05, 0) is 20.3 Å². The van der Waals surface area contributed by atoms with Gasteiger partial charge < -0.3 is 14.2 Å². The fourth-order valence-electron chi connectivity index (χ4n) is 3.29. The van der Waals surface area contributed by atoms with Crippen molar-refractivity contribution < 1.29 is 25.9 Å². The Labute approximate surface area is 181 Å². The molecule has 1 saturated heterocycles. The minimum Gasteiger partial charge on any atom is -0.463 e. The molecule has 1 atom stereocenters. The third-order valence-corrected chi connectivity index (χ3v) is 4.98. The summed E-state index contributed by atoms with van der Waals surface area (Å²) in [5.41, 5.74) is 0. The molecular weight excluding hydrogens is 352 g/mol. The zero-order valence-corrected chi connectivity index (χ0v) is 18.4. The molecule has 0 spiro atoms. The van der Waals surface area contributed by atoms with Crippen LogP contribution in [0.2, 0.25) is 0 Å². The molecule has 0 radical (unpaired) electrons. The Hall–Kier alpha value is -0.610. The highest BCUT2D eigenvalue weighted by Gasteiger charge is 2.33. The van der Waals surface area contributed by atoms with Crippen LogP contribution in [0, 0.1) is 0 Å². The predicted molar refractivity (Wildman–Crippen MR) is 115 cm³/mol. The Balaban J connectivity index is 2.09. The van der Waals surface area contributed by atoms with Crippen LogP contribution in [0.25, 0.3) is 0 Å². The van der Waals surface area contributed by atoms with E-state index in [1.54, 1.807) is 0 Å². The molecule has 4 nitrogen and oxygen atoms in total. The van der Waals surface area contributed by atoms with Crippen molar-refractivity contribution in [3.05, 3.63) is 0 Å². The van der Waals surface area contributed by atoms with Gasteiger partial charge in [0.05, 0.1) is 13.4 Å². The van der Waals surface area contributed by atoms with Gasteiger partial charge in [0.15, 0.2) is 5.79 Å². The molecule has 0 aliphatic carbocycles. The van der Waals surface area contributed by atoms with Crippen LogP contribution in [0.4, 0.5) is 0 Å².